The molecule has 0 aliphatic heterocycles. The van der Waals surface area contributed by atoms with Gasteiger partial charge < -0.3 is 33.6 Å². The predicted molar refractivity (Wildman–Crippen MR) is 304 cm³/mol. The number of aliphatic hydroxyl groups excluding tert-OH is 1. The minimum Gasteiger partial charge on any atom is -0.446 e. The highest BCUT2D eigenvalue weighted by atomic mass is 28.4. The monoisotopic (exact) mass is 1060 g/mol. The number of amides is 2. The molecule has 0 bridgehead atoms. The summed E-state index contributed by atoms with van der Waals surface area (Å²) in [6.07, 6.45) is 3.04. The van der Waals surface area contributed by atoms with Crippen LogP contribution in [0, 0.1) is 41.4 Å². The Morgan fingerprint density at radius 3 is 1.60 bits per heavy atom. The van der Waals surface area contributed by atoms with Gasteiger partial charge in [0.1, 0.15) is 11.9 Å². The van der Waals surface area contributed by atoms with Crippen LogP contribution >= 0.6 is 0 Å². The third-order valence-corrected chi connectivity index (χ3v) is 29.8. The van der Waals surface area contributed by atoms with Crippen LogP contribution < -0.4 is 5.73 Å². The van der Waals surface area contributed by atoms with E-state index in [1.54, 1.807) is 27.0 Å². The Morgan fingerprint density at radius 1 is 0.667 bits per heavy atom. The molecule has 0 aliphatic carbocycles. The number of aliphatic hydroxyl groups is 1. The van der Waals surface area contributed by atoms with Crippen LogP contribution in [0.15, 0.2) is 54.1 Å². The zero-order valence-corrected chi connectivity index (χ0v) is 53.0. The predicted octanol–water partition coefficient (Wildman–Crippen LogP) is 13.5. The third kappa shape index (κ3) is 20.6. The van der Waals surface area contributed by atoms with Crippen molar-refractivity contribution in [3.63, 3.8) is 0 Å². The summed E-state index contributed by atoms with van der Waals surface area (Å²) < 4.78 is 33.5. The number of hydroxylamine groups is 2. The van der Waals surface area contributed by atoms with E-state index in [-0.39, 0.29) is 75.0 Å². The number of Topliss-reactive ketones (excluding diaryl/α,β-unsaturated/α-hetero) is 1. The van der Waals surface area contributed by atoms with Crippen molar-refractivity contribution in [3.05, 3.63) is 59.7 Å². The Balaban J connectivity index is 3.59. The number of hydrogen-bond acceptors (Lipinski definition) is 10. The van der Waals surface area contributed by atoms with Gasteiger partial charge in [0, 0.05) is 31.2 Å². The van der Waals surface area contributed by atoms with Gasteiger partial charge in [-0.3, -0.25) is 14.4 Å². The van der Waals surface area contributed by atoms with Gasteiger partial charge >= 0.3 is 6.09 Å². The summed E-state index contributed by atoms with van der Waals surface area (Å²) >= 11 is 0. The number of ether oxygens (including phenoxy) is 2. The van der Waals surface area contributed by atoms with Crippen LogP contribution in [0.4, 0.5) is 4.79 Å². The standard InChI is InChI=1S/C57H106N2O10Si3/c1-38(34-41(4)51(68-71(22,23)56(12,13)14)44(7)50(66-54(58)63)42(5)36-65-37-46-29-27-26-28-30-46)33-40(3)49(67-70(20,21)55(9,10)11)39(2)31-32-47(60)35-48(61)43(6)52(45(8)53(62)59(18)64-19)69-72(24,25)57(15,16)17/h26-33,39-45,47,49-52,60H,34-37H2,1-25H3,(H2,58,63)/t39-,40-,41?,42-,43?,44?,45?,47?,49-,50?,51?,52?/m0/s1. The summed E-state index contributed by atoms with van der Waals surface area (Å²) in [4.78, 5) is 45.1. The molecule has 12 atom stereocenters. The molecular weight excluding hydrogens is 957 g/mol. The molecule has 0 aliphatic rings. The number of allylic oxidation sites excluding steroid dienone is 1. The van der Waals surface area contributed by atoms with E-state index < -0.39 is 61.2 Å². The molecule has 1 rings (SSSR count). The molecule has 15 heteroatoms. The van der Waals surface area contributed by atoms with Crippen LogP contribution in [0.1, 0.15) is 136 Å². The lowest BCUT2D eigenvalue weighted by Gasteiger charge is -2.45. The van der Waals surface area contributed by atoms with Crippen LogP contribution in [0.3, 0.4) is 0 Å². The van der Waals surface area contributed by atoms with Crippen molar-refractivity contribution in [1.82, 2.24) is 5.06 Å². The van der Waals surface area contributed by atoms with E-state index in [0.29, 0.717) is 13.2 Å². The fraction of sp³-hybridized carbons (Fsp3) is 0.772. The number of primary amides is 1. The van der Waals surface area contributed by atoms with Crippen molar-refractivity contribution in [3.8, 4) is 0 Å². The molecule has 2 amide bonds. The van der Waals surface area contributed by atoms with Gasteiger partial charge in [0.2, 0.25) is 0 Å². The second kappa shape index (κ2) is 28.1. The zero-order valence-electron chi connectivity index (χ0n) is 50.0. The highest BCUT2D eigenvalue weighted by molar-refractivity contribution is 6.75. The molecular formula is C57H106N2O10Si3. The Bertz CT molecular complexity index is 1890. The molecule has 0 aromatic heterocycles. The Hall–Kier alpha value is -2.48. The number of hydrogen-bond donors (Lipinski definition) is 2. The maximum atomic E-state index is 14.0. The summed E-state index contributed by atoms with van der Waals surface area (Å²) in [5, 5.41) is 12.4. The molecule has 0 heterocycles. The van der Waals surface area contributed by atoms with Gasteiger partial charge in [-0.2, -0.15) is 0 Å². The van der Waals surface area contributed by atoms with E-state index in [9.17, 15) is 19.5 Å². The molecule has 8 unspecified atom stereocenters. The first-order valence-corrected chi connectivity index (χ1v) is 35.3. The molecule has 416 valence electrons. The number of nitrogens with two attached hydrogens (primary N) is 1. The average Bonchev–Trinajstić information content (AvgIpc) is 3.25. The number of carbonyl (C=O) groups excluding carboxylic acids is 3. The maximum absolute atomic E-state index is 14.0. The van der Waals surface area contributed by atoms with Crippen LogP contribution in [-0.4, -0.2) is 104 Å². The number of ketones is 1. The highest BCUT2D eigenvalue weighted by Gasteiger charge is 2.47. The largest absolute Gasteiger partial charge is 0.446 e. The normalized spacial score (nSPS) is 18.8. The maximum Gasteiger partial charge on any atom is 0.404 e. The van der Waals surface area contributed by atoms with Crippen LogP contribution in [0.25, 0.3) is 0 Å². The quantitative estimate of drug-likeness (QED) is 0.0450. The van der Waals surface area contributed by atoms with Gasteiger partial charge in [-0.1, -0.05) is 165 Å². The lowest BCUT2D eigenvalue weighted by Crippen LogP contribution is -2.51. The summed E-state index contributed by atoms with van der Waals surface area (Å²) in [5.74, 6) is -2.25. The van der Waals surface area contributed by atoms with Crippen molar-refractivity contribution < 1.29 is 47.1 Å². The molecule has 72 heavy (non-hydrogen) atoms. The lowest BCUT2D eigenvalue weighted by molar-refractivity contribution is -0.177. The van der Waals surface area contributed by atoms with E-state index in [0.717, 1.165) is 12.0 Å². The fourth-order valence-corrected chi connectivity index (χ4v) is 12.9. The molecule has 0 saturated carbocycles. The SMILES string of the molecule is CON(C)C(=O)C(C)C(O[Si](C)(C)C(C)(C)C)C(C)C(=O)CC(O)C=C[C@H](C)[C@H](O[Si](C)(C)C(C)(C)C)[C@@H](C)C=C(C)CC(C)C(O[Si](C)(C)C(C)(C)C)C(C)C(OC(N)=O)[C@@H](C)COCc1ccccc1. The summed E-state index contributed by atoms with van der Waals surface area (Å²) in [6.45, 7) is 50.4. The summed E-state index contributed by atoms with van der Waals surface area (Å²) in [5.41, 5.74) is 8.02. The summed E-state index contributed by atoms with van der Waals surface area (Å²) in [6, 6.07) is 10.0. The Morgan fingerprint density at radius 2 is 1.14 bits per heavy atom. The molecule has 0 radical (unpaired) electrons. The van der Waals surface area contributed by atoms with Gasteiger partial charge in [-0.05, 0) is 91.1 Å². The molecule has 12 nitrogen and oxygen atoms in total. The molecule has 1 aromatic rings. The smallest absolute Gasteiger partial charge is 0.404 e. The van der Waals surface area contributed by atoms with E-state index in [4.69, 9.17) is 33.3 Å². The van der Waals surface area contributed by atoms with Gasteiger partial charge in [0.05, 0.1) is 50.7 Å². The van der Waals surface area contributed by atoms with Gasteiger partial charge in [-0.25, -0.2) is 9.86 Å². The van der Waals surface area contributed by atoms with Gasteiger partial charge in [0.15, 0.2) is 25.0 Å². The third-order valence-electron chi connectivity index (χ3n) is 16.4. The van der Waals surface area contributed by atoms with E-state index in [1.165, 1.54) is 17.7 Å². The molecule has 0 saturated heterocycles. The topological polar surface area (TPSA) is 156 Å². The zero-order chi connectivity index (χ0) is 56.1. The molecule has 0 spiro atoms. The number of nitrogens with zero attached hydrogens (tertiary/aromatic N) is 1. The van der Waals surface area contributed by atoms with Crippen LogP contribution in [0.5, 0.6) is 0 Å². The summed E-state index contributed by atoms with van der Waals surface area (Å²) in [7, 11) is -4.06. The number of benzene rings is 1. The first-order valence-electron chi connectivity index (χ1n) is 26.6. The van der Waals surface area contributed by atoms with Gasteiger partial charge in [0.25, 0.3) is 5.91 Å². The van der Waals surface area contributed by atoms with Crippen molar-refractivity contribution in [2.75, 3.05) is 20.8 Å². The number of rotatable bonds is 29. The number of carbonyl (C=O) groups is 3. The minimum absolute atomic E-state index is 0.0211. The lowest BCUT2D eigenvalue weighted by atomic mass is 9.81. The second-order valence-electron chi connectivity index (χ2n) is 25.9. The molecule has 3 N–H and O–H groups in total. The second-order valence-corrected chi connectivity index (χ2v) is 40.2. The van der Waals surface area contributed by atoms with Crippen LogP contribution in [0.2, 0.25) is 54.4 Å². The van der Waals surface area contributed by atoms with Crippen molar-refractivity contribution in [1.29, 1.82) is 0 Å². The minimum atomic E-state index is -2.42. The van der Waals surface area contributed by atoms with Crippen molar-refractivity contribution >= 4 is 42.7 Å². The Labute approximate surface area is 442 Å². The average molecular weight is 1060 g/mol. The van der Waals surface area contributed by atoms with Crippen molar-refractivity contribution in [2.45, 2.75) is 222 Å². The molecule has 0 fully saturated rings. The fourth-order valence-electron chi connectivity index (χ4n) is 8.53. The molecule has 1 aromatic carbocycles. The van der Waals surface area contributed by atoms with E-state index in [2.05, 4.69) is 142 Å². The first-order chi connectivity index (χ1) is 32.6. The van der Waals surface area contributed by atoms with Gasteiger partial charge in [-0.15, -0.1) is 0 Å². The Kier molecular flexibility index (Phi) is 26.3. The first kappa shape index (κ1) is 67.5. The van der Waals surface area contributed by atoms with E-state index in [1.807, 2.05) is 43.3 Å². The van der Waals surface area contributed by atoms with E-state index >= 15 is 0 Å². The van der Waals surface area contributed by atoms with Crippen molar-refractivity contribution in [2.24, 2.45) is 47.2 Å². The van der Waals surface area contributed by atoms with Crippen LogP contribution in [-0.2, 0) is 43.8 Å². The highest BCUT2D eigenvalue weighted by Crippen LogP contribution is 2.43.